The number of nitrogens with zero attached hydrogens (tertiary/aromatic N) is 2. The van der Waals surface area contributed by atoms with Crippen LogP contribution in [0.3, 0.4) is 0 Å². The van der Waals surface area contributed by atoms with Gasteiger partial charge in [-0.2, -0.15) is 5.10 Å². The average molecular weight is 386 g/mol. The third kappa shape index (κ3) is 4.56. The summed E-state index contributed by atoms with van der Waals surface area (Å²) in [5.74, 6) is 0.656. The molecule has 7 heteroatoms. The third-order valence-electron chi connectivity index (χ3n) is 2.65. The van der Waals surface area contributed by atoms with E-state index in [1.807, 2.05) is 30.5 Å². The summed E-state index contributed by atoms with van der Waals surface area (Å²) in [7, 11) is 0. The molecule has 0 unspecified atom stereocenters. The van der Waals surface area contributed by atoms with Gasteiger partial charge in [0.15, 0.2) is 10.9 Å². The molecule has 21 heavy (non-hydrogen) atoms. The van der Waals surface area contributed by atoms with Gasteiger partial charge in [0.1, 0.15) is 0 Å². The van der Waals surface area contributed by atoms with Crippen LogP contribution in [0.5, 0.6) is 0 Å². The van der Waals surface area contributed by atoms with E-state index in [0.29, 0.717) is 24.0 Å². The van der Waals surface area contributed by atoms with E-state index in [9.17, 15) is 0 Å². The van der Waals surface area contributed by atoms with Crippen molar-refractivity contribution in [1.82, 2.24) is 15.1 Å². The normalized spacial score (nSPS) is 10.2. The van der Waals surface area contributed by atoms with Crippen LogP contribution in [0.25, 0.3) is 0 Å². The third-order valence-corrected chi connectivity index (χ3v) is 3.84. The highest BCUT2D eigenvalue weighted by Gasteiger charge is 2.09. The van der Waals surface area contributed by atoms with Crippen LogP contribution in [0.2, 0.25) is 5.02 Å². The van der Waals surface area contributed by atoms with Crippen molar-refractivity contribution >= 4 is 50.7 Å². The number of anilines is 1. The van der Waals surface area contributed by atoms with E-state index in [0.717, 1.165) is 15.1 Å². The first-order valence-electron chi connectivity index (χ1n) is 6.22. The van der Waals surface area contributed by atoms with E-state index >= 15 is 0 Å². The molecule has 0 radical (unpaired) electrons. The van der Waals surface area contributed by atoms with Crippen molar-refractivity contribution in [3.63, 3.8) is 0 Å². The monoisotopic (exact) mass is 384 g/mol. The first kappa shape index (κ1) is 16.0. The van der Waals surface area contributed by atoms with Crippen molar-refractivity contribution in [2.24, 2.45) is 0 Å². The van der Waals surface area contributed by atoms with Gasteiger partial charge in [0.25, 0.3) is 0 Å². The van der Waals surface area contributed by atoms with E-state index in [2.05, 4.69) is 38.2 Å². The number of nitrogens with one attached hydrogen (secondary N) is 2. The molecule has 0 saturated carbocycles. The molecule has 0 saturated heterocycles. The van der Waals surface area contributed by atoms with Crippen LogP contribution in [-0.2, 0) is 6.54 Å². The van der Waals surface area contributed by atoms with Crippen LogP contribution in [0.4, 0.5) is 5.82 Å². The van der Waals surface area contributed by atoms with Crippen LogP contribution in [0, 0.1) is 0 Å². The number of thiocarbonyl (C=S) groups is 1. The molecule has 0 aliphatic carbocycles. The van der Waals surface area contributed by atoms with Gasteiger partial charge in [0.2, 0.25) is 0 Å². The molecule has 1 aromatic carbocycles. The van der Waals surface area contributed by atoms with Crippen molar-refractivity contribution in [1.29, 1.82) is 0 Å². The Bertz CT molecular complexity index is 656. The van der Waals surface area contributed by atoms with E-state index in [1.54, 1.807) is 10.8 Å². The zero-order valence-electron chi connectivity index (χ0n) is 11.1. The maximum absolute atomic E-state index is 6.15. The van der Waals surface area contributed by atoms with Gasteiger partial charge in [-0.25, -0.2) is 0 Å². The highest BCUT2D eigenvalue weighted by Crippen LogP contribution is 2.22. The molecule has 0 aliphatic rings. The Balaban J connectivity index is 2.07. The fourth-order valence-corrected chi connectivity index (χ4v) is 2.47. The first-order valence-corrected chi connectivity index (χ1v) is 7.80. The predicted octanol–water partition coefficient (Wildman–Crippen LogP) is 3.82. The average Bonchev–Trinajstić information content (AvgIpc) is 2.79. The number of rotatable bonds is 5. The van der Waals surface area contributed by atoms with Crippen molar-refractivity contribution in [2.75, 3.05) is 11.9 Å². The van der Waals surface area contributed by atoms with Gasteiger partial charge >= 0.3 is 0 Å². The summed E-state index contributed by atoms with van der Waals surface area (Å²) in [5.41, 5.74) is 1.01. The Morgan fingerprint density at radius 1 is 1.48 bits per heavy atom. The summed E-state index contributed by atoms with van der Waals surface area (Å²) in [6.07, 6.45) is 3.61. The van der Waals surface area contributed by atoms with Gasteiger partial charge in [-0.3, -0.25) is 4.68 Å². The summed E-state index contributed by atoms with van der Waals surface area (Å²) in [6.45, 7) is 4.82. The van der Waals surface area contributed by atoms with Gasteiger partial charge in [-0.1, -0.05) is 35.9 Å². The Labute approximate surface area is 142 Å². The molecule has 0 amide bonds. The fourth-order valence-electron chi connectivity index (χ4n) is 1.68. The van der Waals surface area contributed by atoms with Crippen molar-refractivity contribution < 1.29 is 0 Å². The molecule has 2 N–H and O–H groups in total. The van der Waals surface area contributed by atoms with Crippen molar-refractivity contribution in [3.05, 3.63) is 58.2 Å². The maximum atomic E-state index is 6.15. The second-order valence-corrected chi connectivity index (χ2v) is 5.91. The Morgan fingerprint density at radius 2 is 2.24 bits per heavy atom. The van der Waals surface area contributed by atoms with Gasteiger partial charge in [0, 0.05) is 17.8 Å². The highest BCUT2D eigenvalue weighted by atomic mass is 79.9. The molecule has 2 rings (SSSR count). The van der Waals surface area contributed by atoms with Crippen LogP contribution >= 0.6 is 39.7 Å². The number of benzene rings is 1. The Morgan fingerprint density at radius 3 is 2.95 bits per heavy atom. The van der Waals surface area contributed by atoms with E-state index in [-0.39, 0.29) is 0 Å². The smallest absolute Gasteiger partial charge is 0.172 e. The number of aromatic nitrogens is 2. The minimum absolute atomic E-state index is 0.499. The van der Waals surface area contributed by atoms with E-state index < -0.39 is 0 Å². The number of halogens is 2. The lowest BCUT2D eigenvalue weighted by Crippen LogP contribution is -2.28. The summed E-state index contributed by atoms with van der Waals surface area (Å²) in [6, 6.07) is 7.69. The molecule has 4 nitrogen and oxygen atoms in total. The van der Waals surface area contributed by atoms with Crippen molar-refractivity contribution in [3.8, 4) is 0 Å². The van der Waals surface area contributed by atoms with E-state index in [4.69, 9.17) is 23.8 Å². The molecule has 0 atom stereocenters. The maximum Gasteiger partial charge on any atom is 0.172 e. The van der Waals surface area contributed by atoms with Gasteiger partial charge in [-0.15, -0.1) is 6.58 Å². The lowest BCUT2D eigenvalue weighted by Gasteiger charge is -2.07. The lowest BCUT2D eigenvalue weighted by molar-refractivity contribution is 0.689. The van der Waals surface area contributed by atoms with Crippen LogP contribution in [0.1, 0.15) is 5.56 Å². The minimum atomic E-state index is 0.499. The molecule has 110 valence electrons. The molecule has 0 fully saturated rings. The molecular formula is C14H14BrClN4S. The SMILES string of the molecule is C=CCNC(=S)Nc1nn(Cc2ccccc2Cl)cc1Br. The standard InChI is InChI=1S/C14H14BrClN4S/c1-2-7-17-14(21)18-13-11(15)9-20(19-13)8-10-5-3-4-6-12(10)16/h2-6,9H,1,7-8H2,(H2,17,18,19,21). The Hall–Kier alpha value is -1.37. The fraction of sp³-hybridized carbons (Fsp3) is 0.143. The lowest BCUT2D eigenvalue weighted by atomic mass is 10.2. The molecule has 2 aromatic rings. The zero-order chi connectivity index (χ0) is 15.2. The van der Waals surface area contributed by atoms with Crippen molar-refractivity contribution in [2.45, 2.75) is 6.54 Å². The molecule has 1 aromatic heterocycles. The summed E-state index contributed by atoms with van der Waals surface area (Å²) in [4.78, 5) is 0. The highest BCUT2D eigenvalue weighted by molar-refractivity contribution is 9.10. The molecular weight excluding hydrogens is 372 g/mol. The first-order chi connectivity index (χ1) is 10.1. The van der Waals surface area contributed by atoms with E-state index in [1.165, 1.54) is 0 Å². The van der Waals surface area contributed by atoms with Crippen LogP contribution in [-0.4, -0.2) is 21.4 Å². The second-order valence-electron chi connectivity index (χ2n) is 4.24. The number of hydrogen-bond donors (Lipinski definition) is 2. The summed E-state index contributed by atoms with van der Waals surface area (Å²) < 4.78 is 2.63. The predicted molar refractivity (Wildman–Crippen MR) is 94.9 cm³/mol. The second kappa shape index (κ2) is 7.59. The molecule has 0 spiro atoms. The minimum Gasteiger partial charge on any atom is -0.359 e. The number of hydrogen-bond acceptors (Lipinski definition) is 2. The van der Waals surface area contributed by atoms with Gasteiger partial charge < -0.3 is 10.6 Å². The summed E-state index contributed by atoms with van der Waals surface area (Å²) in [5, 5.41) is 11.7. The molecule has 0 bridgehead atoms. The Kier molecular flexibility index (Phi) is 5.78. The largest absolute Gasteiger partial charge is 0.359 e. The van der Waals surface area contributed by atoms with Crippen LogP contribution in [0.15, 0.2) is 47.6 Å². The quantitative estimate of drug-likeness (QED) is 0.606. The topological polar surface area (TPSA) is 41.9 Å². The van der Waals surface area contributed by atoms with Crippen LogP contribution < -0.4 is 10.6 Å². The molecule has 1 heterocycles. The van der Waals surface area contributed by atoms with Gasteiger partial charge in [-0.05, 0) is 39.8 Å². The zero-order valence-corrected chi connectivity index (χ0v) is 14.3. The summed E-state index contributed by atoms with van der Waals surface area (Å²) >= 11 is 14.8. The van der Waals surface area contributed by atoms with Gasteiger partial charge in [0.05, 0.1) is 11.0 Å². The molecule has 0 aliphatic heterocycles.